The normalized spacial score (nSPS) is 47.7. The molecule has 68 valence electrons. The smallest absolute Gasteiger partial charge is 0.138 e. The number of aliphatic hydroxyl groups excluding tert-OH is 1. The molecule has 1 aliphatic heterocycles. The minimum absolute atomic E-state index is 0.0286. The summed E-state index contributed by atoms with van der Waals surface area (Å²) in [5.74, 6) is -0.0286. The van der Waals surface area contributed by atoms with Crippen LogP contribution >= 0.6 is 0 Å². The van der Waals surface area contributed by atoms with Crippen molar-refractivity contribution in [2.24, 2.45) is 0 Å². The predicted molar refractivity (Wildman–Crippen MR) is 39.6 cm³/mol. The molecule has 4 heteroatoms. The molecule has 2 N–H and O–H groups in total. The zero-order chi connectivity index (χ0) is 8.77. The van der Waals surface area contributed by atoms with Gasteiger partial charge < -0.3 is 14.9 Å². The molecule has 1 heterocycles. The number of fused-ring (bicyclic) bond motifs is 1. The molecule has 4 nitrogen and oxygen atoms in total. The van der Waals surface area contributed by atoms with E-state index in [-0.39, 0.29) is 18.6 Å². The van der Waals surface area contributed by atoms with Gasteiger partial charge in [-0.25, -0.2) is 0 Å². The van der Waals surface area contributed by atoms with Gasteiger partial charge in [0.25, 0.3) is 0 Å². The molecule has 12 heavy (non-hydrogen) atoms. The van der Waals surface area contributed by atoms with E-state index in [1.165, 1.54) is 0 Å². The average molecular weight is 172 g/mol. The molecule has 1 aliphatic carbocycles. The molecule has 2 rings (SSSR count). The lowest BCUT2D eigenvalue weighted by molar-refractivity contribution is -0.156. The number of carbonyl (C=O) groups is 1. The summed E-state index contributed by atoms with van der Waals surface area (Å²) in [5, 5.41) is 19.3. The highest BCUT2D eigenvalue weighted by atomic mass is 16.5. The third-order valence-corrected chi connectivity index (χ3v) is 2.79. The minimum atomic E-state index is -1.16. The molecular formula is C8H12O4. The number of aliphatic hydroxyl groups is 2. The fourth-order valence-electron chi connectivity index (χ4n) is 1.97. The number of ketones is 1. The van der Waals surface area contributed by atoms with Gasteiger partial charge in [-0.3, -0.25) is 4.79 Å². The van der Waals surface area contributed by atoms with Gasteiger partial charge in [-0.05, 0) is 0 Å². The van der Waals surface area contributed by atoms with Crippen molar-refractivity contribution in [2.45, 2.75) is 37.1 Å². The lowest BCUT2D eigenvalue weighted by atomic mass is 9.79. The molecular weight excluding hydrogens is 160 g/mol. The van der Waals surface area contributed by atoms with Crippen LogP contribution in [0.5, 0.6) is 0 Å². The molecule has 3 atom stereocenters. The second-order valence-corrected chi connectivity index (χ2v) is 3.56. The van der Waals surface area contributed by atoms with E-state index in [1.54, 1.807) is 0 Å². The molecule has 0 amide bonds. The first-order valence-corrected chi connectivity index (χ1v) is 4.16. The molecule has 1 saturated carbocycles. The maximum Gasteiger partial charge on any atom is 0.138 e. The number of ether oxygens (including phenoxy) is 1. The van der Waals surface area contributed by atoms with Crippen molar-refractivity contribution in [3.8, 4) is 0 Å². The maximum atomic E-state index is 11.0. The van der Waals surface area contributed by atoms with E-state index < -0.39 is 17.8 Å². The largest absolute Gasteiger partial charge is 0.390 e. The van der Waals surface area contributed by atoms with Crippen molar-refractivity contribution >= 4 is 5.78 Å². The summed E-state index contributed by atoms with van der Waals surface area (Å²) in [6, 6.07) is 0. The van der Waals surface area contributed by atoms with Crippen LogP contribution < -0.4 is 0 Å². The summed E-state index contributed by atoms with van der Waals surface area (Å²) < 4.78 is 5.17. The third kappa shape index (κ3) is 0.990. The number of hydrogen-bond acceptors (Lipinski definition) is 4. The highest BCUT2D eigenvalue weighted by Gasteiger charge is 2.52. The molecule has 2 aliphatic rings. The van der Waals surface area contributed by atoms with Crippen molar-refractivity contribution in [3.63, 3.8) is 0 Å². The van der Waals surface area contributed by atoms with Crippen LogP contribution in [-0.2, 0) is 9.53 Å². The Labute approximate surface area is 70.1 Å². The van der Waals surface area contributed by atoms with Crippen molar-refractivity contribution < 1.29 is 19.7 Å². The zero-order valence-electron chi connectivity index (χ0n) is 6.69. The zero-order valence-corrected chi connectivity index (χ0v) is 6.69. The van der Waals surface area contributed by atoms with Crippen LogP contribution in [0.25, 0.3) is 0 Å². The second-order valence-electron chi connectivity index (χ2n) is 3.56. The quantitative estimate of drug-likeness (QED) is 0.503. The Bertz CT molecular complexity index is 215. The van der Waals surface area contributed by atoms with Crippen LogP contribution in [-0.4, -0.2) is 40.4 Å². The van der Waals surface area contributed by atoms with Gasteiger partial charge in [0.05, 0.1) is 18.8 Å². The van der Waals surface area contributed by atoms with Gasteiger partial charge in [-0.1, -0.05) is 0 Å². The highest BCUT2D eigenvalue weighted by molar-refractivity contribution is 5.81. The number of rotatable bonds is 0. The monoisotopic (exact) mass is 172 g/mol. The first-order chi connectivity index (χ1) is 5.63. The van der Waals surface area contributed by atoms with E-state index in [0.717, 1.165) is 0 Å². The summed E-state index contributed by atoms with van der Waals surface area (Å²) in [5.41, 5.74) is -1.16. The van der Waals surface area contributed by atoms with Gasteiger partial charge in [-0.2, -0.15) is 0 Å². The van der Waals surface area contributed by atoms with Crippen LogP contribution in [0, 0.1) is 0 Å². The molecule has 0 aromatic heterocycles. The second kappa shape index (κ2) is 2.52. The topological polar surface area (TPSA) is 66.8 Å². The number of hydrogen-bond donors (Lipinski definition) is 2. The first kappa shape index (κ1) is 8.16. The van der Waals surface area contributed by atoms with Gasteiger partial charge in [-0.15, -0.1) is 0 Å². The Morgan fingerprint density at radius 2 is 2.25 bits per heavy atom. The van der Waals surface area contributed by atoms with Gasteiger partial charge in [0.15, 0.2) is 0 Å². The SMILES string of the molecule is O=C1C[C@@H]2OCC[C@]2(O)[C@@H](O)C1. The predicted octanol–water partition coefficient (Wildman–Crippen LogP) is -0.770. The van der Waals surface area contributed by atoms with E-state index in [4.69, 9.17) is 4.74 Å². The van der Waals surface area contributed by atoms with E-state index in [9.17, 15) is 15.0 Å². The van der Waals surface area contributed by atoms with E-state index in [1.807, 2.05) is 0 Å². The van der Waals surface area contributed by atoms with Gasteiger partial charge in [0, 0.05) is 19.3 Å². The Hall–Kier alpha value is -0.450. The first-order valence-electron chi connectivity index (χ1n) is 4.16. The molecule has 0 aromatic rings. The summed E-state index contributed by atoms with van der Waals surface area (Å²) >= 11 is 0. The molecule has 0 aromatic carbocycles. The van der Waals surface area contributed by atoms with Crippen molar-refractivity contribution in [1.29, 1.82) is 0 Å². The van der Waals surface area contributed by atoms with Gasteiger partial charge in [0.1, 0.15) is 11.4 Å². The fourth-order valence-corrected chi connectivity index (χ4v) is 1.97. The van der Waals surface area contributed by atoms with Crippen LogP contribution in [0.4, 0.5) is 0 Å². The third-order valence-electron chi connectivity index (χ3n) is 2.79. The molecule has 0 spiro atoms. The van der Waals surface area contributed by atoms with Crippen LogP contribution in [0.2, 0.25) is 0 Å². The lowest BCUT2D eigenvalue weighted by Crippen LogP contribution is -2.54. The average Bonchev–Trinajstić information content (AvgIpc) is 2.33. The van der Waals surface area contributed by atoms with E-state index >= 15 is 0 Å². The standard InChI is InChI=1S/C8H12O4/c9-5-3-6(10)8(11)1-2-12-7(8)4-5/h6-7,10-11H,1-4H2/t6-,7-,8-/m0/s1. The minimum Gasteiger partial charge on any atom is -0.390 e. The van der Waals surface area contributed by atoms with Gasteiger partial charge >= 0.3 is 0 Å². The fraction of sp³-hybridized carbons (Fsp3) is 0.875. The van der Waals surface area contributed by atoms with Crippen LogP contribution in [0.1, 0.15) is 19.3 Å². The van der Waals surface area contributed by atoms with Crippen LogP contribution in [0.15, 0.2) is 0 Å². The number of carbonyl (C=O) groups excluding carboxylic acids is 1. The van der Waals surface area contributed by atoms with Gasteiger partial charge in [0.2, 0.25) is 0 Å². The summed E-state index contributed by atoms with van der Waals surface area (Å²) in [6.45, 7) is 0.436. The molecule has 0 unspecified atom stereocenters. The lowest BCUT2D eigenvalue weighted by Gasteiger charge is -2.36. The Kier molecular flexibility index (Phi) is 1.71. The molecule has 2 fully saturated rings. The Morgan fingerprint density at radius 1 is 1.50 bits per heavy atom. The summed E-state index contributed by atoms with van der Waals surface area (Å²) in [6.07, 6.45) is -0.671. The Balaban J connectivity index is 2.22. The summed E-state index contributed by atoms with van der Waals surface area (Å²) in [4.78, 5) is 11.0. The molecule has 0 bridgehead atoms. The van der Waals surface area contributed by atoms with Crippen molar-refractivity contribution in [3.05, 3.63) is 0 Å². The van der Waals surface area contributed by atoms with E-state index in [0.29, 0.717) is 13.0 Å². The van der Waals surface area contributed by atoms with E-state index in [2.05, 4.69) is 0 Å². The number of Topliss-reactive ketones (excluding diaryl/α,β-unsaturated/α-hetero) is 1. The van der Waals surface area contributed by atoms with Crippen molar-refractivity contribution in [1.82, 2.24) is 0 Å². The maximum absolute atomic E-state index is 11.0. The molecule has 1 saturated heterocycles. The molecule has 0 radical (unpaired) electrons. The Morgan fingerprint density at radius 3 is 3.00 bits per heavy atom. The van der Waals surface area contributed by atoms with Crippen molar-refractivity contribution in [2.75, 3.05) is 6.61 Å². The van der Waals surface area contributed by atoms with Crippen LogP contribution in [0.3, 0.4) is 0 Å². The highest BCUT2D eigenvalue weighted by Crippen LogP contribution is 2.36. The summed E-state index contributed by atoms with van der Waals surface area (Å²) in [7, 11) is 0.